The first-order chi connectivity index (χ1) is 13.8. The molecule has 10 heteroatoms. The maximum absolute atomic E-state index is 13.5. The zero-order valence-electron chi connectivity index (χ0n) is 15.5. The molecular weight excluding hydrogens is 402 g/mol. The Balaban J connectivity index is 1.38. The first-order valence-electron chi connectivity index (χ1n) is 9.29. The Labute approximate surface area is 167 Å². The van der Waals surface area contributed by atoms with Crippen LogP contribution >= 0.6 is 0 Å². The zero-order valence-corrected chi connectivity index (χ0v) is 16.3. The summed E-state index contributed by atoms with van der Waals surface area (Å²) in [5, 5.41) is 2.84. The first-order valence-corrected chi connectivity index (χ1v) is 10.9. The lowest BCUT2D eigenvalue weighted by molar-refractivity contribution is -0.117. The molecule has 29 heavy (non-hydrogen) atoms. The molecule has 0 aromatic heterocycles. The van der Waals surface area contributed by atoms with E-state index in [9.17, 15) is 22.0 Å². The van der Waals surface area contributed by atoms with Gasteiger partial charge in [-0.3, -0.25) is 4.79 Å². The van der Waals surface area contributed by atoms with Gasteiger partial charge < -0.3 is 15.1 Å². The Bertz CT molecular complexity index is 1040. The molecule has 0 spiro atoms. The van der Waals surface area contributed by atoms with Gasteiger partial charge in [0.1, 0.15) is 0 Å². The van der Waals surface area contributed by atoms with Gasteiger partial charge in [-0.25, -0.2) is 17.2 Å². The molecule has 1 amide bonds. The van der Waals surface area contributed by atoms with Crippen LogP contribution in [0.4, 0.5) is 14.5 Å². The lowest BCUT2D eigenvalue weighted by Gasteiger charge is -2.28. The van der Waals surface area contributed by atoms with Gasteiger partial charge in [-0.2, -0.15) is 0 Å². The number of hydrogen-bond acceptors (Lipinski definition) is 5. The highest BCUT2D eigenvalue weighted by atomic mass is 32.2. The molecule has 1 N–H and O–H groups in total. The molecule has 1 aromatic rings. The molecule has 0 aliphatic carbocycles. The summed E-state index contributed by atoms with van der Waals surface area (Å²) in [7, 11) is -3.57. The number of rotatable bonds is 4. The number of sulfonamides is 1. The van der Waals surface area contributed by atoms with E-state index in [-0.39, 0.29) is 35.5 Å². The van der Waals surface area contributed by atoms with Crippen molar-refractivity contribution >= 4 is 27.5 Å². The van der Waals surface area contributed by atoms with Crippen LogP contribution in [0.5, 0.6) is 0 Å². The predicted octanol–water partition coefficient (Wildman–Crippen LogP) is 1.40. The minimum Gasteiger partial charge on any atom is -0.371 e. The van der Waals surface area contributed by atoms with Gasteiger partial charge in [0.15, 0.2) is 17.5 Å². The maximum atomic E-state index is 13.5. The van der Waals surface area contributed by atoms with Crippen LogP contribution < -0.4 is 10.2 Å². The highest BCUT2D eigenvalue weighted by Gasteiger charge is 2.30. The van der Waals surface area contributed by atoms with E-state index in [0.29, 0.717) is 25.3 Å². The van der Waals surface area contributed by atoms with E-state index in [4.69, 9.17) is 0 Å². The molecule has 3 aliphatic heterocycles. The third-order valence-corrected chi connectivity index (χ3v) is 6.36. The van der Waals surface area contributed by atoms with Crippen molar-refractivity contribution in [1.29, 1.82) is 0 Å². The van der Waals surface area contributed by atoms with Gasteiger partial charge in [0.25, 0.3) is 15.9 Å². The predicted molar refractivity (Wildman–Crippen MR) is 105 cm³/mol. The van der Waals surface area contributed by atoms with Crippen LogP contribution in [0, 0.1) is 17.6 Å². The van der Waals surface area contributed by atoms with Crippen molar-refractivity contribution < 1.29 is 22.0 Å². The van der Waals surface area contributed by atoms with Gasteiger partial charge >= 0.3 is 0 Å². The summed E-state index contributed by atoms with van der Waals surface area (Å²) in [5.74, 6) is -1.96. The van der Waals surface area contributed by atoms with E-state index >= 15 is 0 Å². The van der Waals surface area contributed by atoms with Crippen molar-refractivity contribution in [1.82, 2.24) is 10.2 Å². The Morgan fingerprint density at radius 2 is 2.07 bits per heavy atom. The molecule has 1 atom stereocenters. The number of amides is 1. The average Bonchev–Trinajstić information content (AvgIpc) is 3.16. The summed E-state index contributed by atoms with van der Waals surface area (Å²) < 4.78 is 53.9. The van der Waals surface area contributed by atoms with Crippen LogP contribution in [0.15, 0.2) is 46.5 Å². The molecule has 7 nitrogen and oxygen atoms in total. The van der Waals surface area contributed by atoms with Crippen molar-refractivity contribution in [3.05, 3.63) is 53.8 Å². The smallest absolute Gasteiger partial charge is 0.256 e. The van der Waals surface area contributed by atoms with Crippen molar-refractivity contribution in [3.63, 3.8) is 0 Å². The number of halogens is 2. The quantitative estimate of drug-likeness (QED) is 0.794. The summed E-state index contributed by atoms with van der Waals surface area (Å²) in [6.45, 7) is 1.93. The molecule has 154 valence electrons. The lowest BCUT2D eigenvalue weighted by Crippen LogP contribution is -2.43. The highest BCUT2D eigenvalue weighted by molar-refractivity contribution is 7.90. The number of anilines is 1. The summed E-state index contributed by atoms with van der Waals surface area (Å²) >= 11 is 0. The van der Waals surface area contributed by atoms with Crippen LogP contribution in [0.1, 0.15) is 6.42 Å². The minimum atomic E-state index is -3.57. The molecule has 3 heterocycles. The Morgan fingerprint density at radius 3 is 2.86 bits per heavy atom. The molecule has 3 aliphatic rings. The topological polar surface area (TPSA) is 82.1 Å². The van der Waals surface area contributed by atoms with Crippen LogP contribution in [0.3, 0.4) is 0 Å². The second-order valence-electron chi connectivity index (χ2n) is 7.23. The van der Waals surface area contributed by atoms with E-state index < -0.39 is 21.7 Å². The molecule has 0 radical (unpaired) electrons. The van der Waals surface area contributed by atoms with Crippen LogP contribution in [-0.4, -0.2) is 57.0 Å². The van der Waals surface area contributed by atoms with Gasteiger partial charge in [0.05, 0.1) is 11.3 Å². The lowest BCUT2D eigenvalue weighted by atomic mass is 10.1. The molecule has 1 fully saturated rings. The third-order valence-electron chi connectivity index (χ3n) is 5.21. The fourth-order valence-corrected chi connectivity index (χ4v) is 4.63. The van der Waals surface area contributed by atoms with E-state index in [1.54, 1.807) is 23.3 Å². The molecule has 1 unspecified atom stereocenters. The number of benzene rings is 1. The van der Waals surface area contributed by atoms with E-state index in [0.717, 1.165) is 12.5 Å². The van der Waals surface area contributed by atoms with E-state index in [1.165, 1.54) is 12.1 Å². The largest absolute Gasteiger partial charge is 0.371 e. The van der Waals surface area contributed by atoms with E-state index in [2.05, 4.69) is 9.71 Å². The Hall–Kier alpha value is -2.75. The summed E-state index contributed by atoms with van der Waals surface area (Å²) in [4.78, 5) is 16.2. The average molecular weight is 422 g/mol. The van der Waals surface area contributed by atoms with Crippen molar-refractivity contribution in [2.24, 2.45) is 10.3 Å². The van der Waals surface area contributed by atoms with E-state index in [1.807, 2.05) is 4.90 Å². The van der Waals surface area contributed by atoms with Gasteiger partial charge in [0, 0.05) is 44.1 Å². The van der Waals surface area contributed by atoms with Crippen molar-refractivity contribution in [3.8, 4) is 0 Å². The molecular formula is C19H20F2N4O3S. The fraction of sp³-hybridized carbons (Fsp3) is 0.368. The number of fused-ring (bicyclic) bond motifs is 1. The summed E-state index contributed by atoms with van der Waals surface area (Å²) in [6, 6.07) is 3.81. The van der Waals surface area contributed by atoms with Crippen LogP contribution in [0.2, 0.25) is 0 Å². The molecule has 0 saturated carbocycles. The number of carbonyl (C=O) groups excluding carboxylic acids is 1. The number of hydrogen-bond donors (Lipinski definition) is 1. The minimum absolute atomic E-state index is 0.0857. The summed E-state index contributed by atoms with van der Waals surface area (Å²) in [6.07, 6.45) is 5.72. The molecule has 1 saturated heterocycles. The molecule has 1 aromatic carbocycles. The molecule has 4 rings (SSSR count). The first kappa shape index (κ1) is 19.6. The Kier molecular flexibility index (Phi) is 5.12. The zero-order chi connectivity index (χ0) is 20.6. The van der Waals surface area contributed by atoms with Gasteiger partial charge in [-0.05, 0) is 36.6 Å². The second kappa shape index (κ2) is 7.58. The van der Waals surface area contributed by atoms with Crippen LogP contribution in [-0.2, 0) is 14.8 Å². The monoisotopic (exact) mass is 422 g/mol. The van der Waals surface area contributed by atoms with Crippen molar-refractivity contribution in [2.75, 3.05) is 36.8 Å². The molecule has 0 bridgehead atoms. The van der Waals surface area contributed by atoms with Crippen LogP contribution in [0.25, 0.3) is 0 Å². The second-order valence-corrected chi connectivity index (χ2v) is 8.98. The normalized spacial score (nSPS) is 22.8. The van der Waals surface area contributed by atoms with Gasteiger partial charge in [0.2, 0.25) is 0 Å². The number of allylic oxidation sites excluding steroid dienone is 2. The number of carbonyl (C=O) groups is 1. The Morgan fingerprint density at radius 1 is 1.24 bits per heavy atom. The number of amidine groups is 1. The highest BCUT2D eigenvalue weighted by Crippen LogP contribution is 2.25. The third kappa shape index (κ3) is 4.16. The van der Waals surface area contributed by atoms with Gasteiger partial charge in [-0.15, -0.1) is 4.40 Å². The fourth-order valence-electron chi connectivity index (χ4n) is 3.64. The SMILES string of the molecule is O=C(NCC1CCN(c2ccc(F)c(F)c2)C1)C1=CC=CN2CCS(=O)(=O)N=C12. The number of nitrogens with zero attached hydrogens (tertiary/aromatic N) is 3. The standard InChI is InChI=1S/C19H20F2N4O3S/c20-16-4-3-14(10-17(16)21)25-7-5-13(12-25)11-22-19(26)15-2-1-6-24-8-9-29(27,28)23-18(15)24/h1-4,6,10,13H,5,7-9,11-12H2,(H,22,26). The maximum Gasteiger partial charge on any atom is 0.256 e. The summed E-state index contributed by atoms with van der Waals surface area (Å²) in [5.41, 5.74) is 0.821. The van der Waals surface area contributed by atoms with Crippen molar-refractivity contribution in [2.45, 2.75) is 6.42 Å². The van der Waals surface area contributed by atoms with Gasteiger partial charge in [-0.1, -0.05) is 0 Å². The number of nitrogens with one attached hydrogen (secondary N) is 1.